The quantitative estimate of drug-likeness (QED) is 0.695. The lowest BCUT2D eigenvalue weighted by molar-refractivity contribution is 0.584. The Balaban J connectivity index is 2.08. The van der Waals surface area contributed by atoms with Gasteiger partial charge in [-0.3, -0.25) is 4.99 Å². The van der Waals surface area contributed by atoms with Crippen molar-refractivity contribution >= 4 is 15.9 Å². The SMILES string of the molecule is CS(=O)(=O)NCCCNC1=NCCCCC1. The molecule has 0 aromatic rings. The van der Waals surface area contributed by atoms with Crippen LogP contribution in [0.15, 0.2) is 4.99 Å². The van der Waals surface area contributed by atoms with E-state index in [1.807, 2.05) is 0 Å². The van der Waals surface area contributed by atoms with Gasteiger partial charge in [0.15, 0.2) is 0 Å². The fourth-order valence-corrected chi connectivity index (χ4v) is 2.11. The first-order valence-corrected chi connectivity index (χ1v) is 7.69. The highest BCUT2D eigenvalue weighted by Crippen LogP contribution is 2.05. The van der Waals surface area contributed by atoms with Crippen LogP contribution < -0.4 is 10.0 Å². The summed E-state index contributed by atoms with van der Waals surface area (Å²) in [5, 5.41) is 3.26. The van der Waals surface area contributed by atoms with E-state index in [9.17, 15) is 8.42 Å². The number of aliphatic imine (C=N–C) groups is 1. The second-order valence-corrected chi connectivity index (χ2v) is 5.92. The zero-order valence-corrected chi connectivity index (χ0v) is 10.6. The van der Waals surface area contributed by atoms with Gasteiger partial charge in [-0.15, -0.1) is 0 Å². The minimum atomic E-state index is -3.04. The van der Waals surface area contributed by atoms with Crippen LogP contribution in [0.25, 0.3) is 0 Å². The van der Waals surface area contributed by atoms with Gasteiger partial charge < -0.3 is 5.32 Å². The predicted octanol–water partition coefficient (Wildman–Crippen LogP) is 0.488. The molecule has 1 rings (SSSR count). The Labute approximate surface area is 97.8 Å². The van der Waals surface area contributed by atoms with Gasteiger partial charge in [-0.25, -0.2) is 13.1 Å². The molecule has 2 N–H and O–H groups in total. The second kappa shape index (κ2) is 6.85. The molecule has 1 aliphatic heterocycles. The van der Waals surface area contributed by atoms with E-state index >= 15 is 0 Å². The van der Waals surface area contributed by atoms with Crippen LogP contribution in [0, 0.1) is 0 Å². The molecule has 94 valence electrons. The number of amidine groups is 1. The summed E-state index contributed by atoms with van der Waals surface area (Å²) in [6.07, 6.45) is 6.62. The second-order valence-electron chi connectivity index (χ2n) is 4.09. The number of sulfonamides is 1. The van der Waals surface area contributed by atoms with Gasteiger partial charge in [-0.1, -0.05) is 6.42 Å². The van der Waals surface area contributed by atoms with Gasteiger partial charge in [0.25, 0.3) is 0 Å². The summed E-state index contributed by atoms with van der Waals surface area (Å²) < 4.78 is 24.0. The monoisotopic (exact) mass is 247 g/mol. The van der Waals surface area contributed by atoms with E-state index in [0.29, 0.717) is 6.54 Å². The Kier molecular flexibility index (Phi) is 5.76. The maximum Gasteiger partial charge on any atom is 0.208 e. The molecule has 1 heterocycles. The van der Waals surface area contributed by atoms with Crippen LogP contribution in [0.3, 0.4) is 0 Å². The van der Waals surface area contributed by atoms with Gasteiger partial charge in [0.05, 0.1) is 12.1 Å². The molecule has 0 fully saturated rings. The molecule has 16 heavy (non-hydrogen) atoms. The largest absolute Gasteiger partial charge is 0.374 e. The van der Waals surface area contributed by atoms with Crippen LogP contribution in [0.5, 0.6) is 0 Å². The van der Waals surface area contributed by atoms with E-state index in [4.69, 9.17) is 0 Å². The molecule has 1 aliphatic rings. The molecule has 0 aliphatic carbocycles. The first kappa shape index (κ1) is 13.4. The van der Waals surface area contributed by atoms with Crippen molar-refractivity contribution in [2.75, 3.05) is 25.9 Å². The van der Waals surface area contributed by atoms with E-state index in [-0.39, 0.29) is 0 Å². The smallest absolute Gasteiger partial charge is 0.208 e. The Morgan fingerprint density at radius 2 is 2.06 bits per heavy atom. The van der Waals surface area contributed by atoms with Crippen LogP contribution in [0.2, 0.25) is 0 Å². The third kappa shape index (κ3) is 6.79. The molecular weight excluding hydrogens is 226 g/mol. The highest BCUT2D eigenvalue weighted by Gasteiger charge is 2.03. The summed E-state index contributed by atoms with van der Waals surface area (Å²) in [7, 11) is -3.04. The normalized spacial score (nSPS) is 17.7. The summed E-state index contributed by atoms with van der Waals surface area (Å²) in [6, 6.07) is 0. The molecule has 0 unspecified atom stereocenters. The fraction of sp³-hybridized carbons (Fsp3) is 0.900. The maximum absolute atomic E-state index is 10.8. The predicted molar refractivity (Wildman–Crippen MR) is 66.2 cm³/mol. The van der Waals surface area contributed by atoms with Crippen molar-refractivity contribution in [2.24, 2.45) is 4.99 Å². The standard InChI is InChI=1S/C10H21N3O2S/c1-16(14,15)13-9-5-8-12-10-6-3-2-4-7-11-10/h13H,2-9H2,1H3,(H,11,12). The van der Waals surface area contributed by atoms with Crippen molar-refractivity contribution in [2.45, 2.75) is 32.1 Å². The van der Waals surface area contributed by atoms with E-state index in [1.165, 1.54) is 25.5 Å². The van der Waals surface area contributed by atoms with Gasteiger partial charge in [-0.2, -0.15) is 0 Å². The molecule has 0 saturated heterocycles. The Morgan fingerprint density at radius 3 is 2.81 bits per heavy atom. The van der Waals surface area contributed by atoms with Crippen molar-refractivity contribution in [1.29, 1.82) is 0 Å². The van der Waals surface area contributed by atoms with Crippen molar-refractivity contribution < 1.29 is 8.42 Å². The van der Waals surface area contributed by atoms with Crippen LogP contribution >= 0.6 is 0 Å². The number of hydrogen-bond donors (Lipinski definition) is 2. The van der Waals surface area contributed by atoms with Gasteiger partial charge in [-0.05, 0) is 19.3 Å². The lowest BCUT2D eigenvalue weighted by Gasteiger charge is -2.08. The van der Waals surface area contributed by atoms with E-state index in [2.05, 4.69) is 15.0 Å². The fourth-order valence-electron chi connectivity index (χ4n) is 1.60. The lowest BCUT2D eigenvalue weighted by Crippen LogP contribution is -2.29. The van der Waals surface area contributed by atoms with E-state index < -0.39 is 10.0 Å². The highest BCUT2D eigenvalue weighted by molar-refractivity contribution is 7.88. The number of hydrogen-bond acceptors (Lipinski definition) is 4. The van der Waals surface area contributed by atoms with E-state index in [0.717, 1.165) is 31.8 Å². The van der Waals surface area contributed by atoms with Crippen LogP contribution in [-0.4, -0.2) is 40.1 Å². The molecule has 0 amide bonds. The Morgan fingerprint density at radius 1 is 1.25 bits per heavy atom. The van der Waals surface area contributed by atoms with Gasteiger partial charge in [0, 0.05) is 26.1 Å². The summed E-state index contributed by atoms with van der Waals surface area (Å²) in [6.45, 7) is 2.18. The summed E-state index contributed by atoms with van der Waals surface area (Å²) in [5.41, 5.74) is 0. The minimum absolute atomic E-state index is 0.485. The molecule has 0 atom stereocenters. The van der Waals surface area contributed by atoms with Crippen molar-refractivity contribution in [3.63, 3.8) is 0 Å². The molecule has 0 bridgehead atoms. The van der Waals surface area contributed by atoms with Crippen molar-refractivity contribution in [3.8, 4) is 0 Å². The topological polar surface area (TPSA) is 70.6 Å². The van der Waals surface area contributed by atoms with Gasteiger partial charge in [0.2, 0.25) is 10.0 Å². The van der Waals surface area contributed by atoms with Gasteiger partial charge in [0.1, 0.15) is 0 Å². The maximum atomic E-state index is 10.8. The molecule has 5 nitrogen and oxygen atoms in total. The highest BCUT2D eigenvalue weighted by atomic mass is 32.2. The minimum Gasteiger partial charge on any atom is -0.374 e. The zero-order valence-electron chi connectivity index (χ0n) is 9.83. The Hall–Kier alpha value is -0.620. The van der Waals surface area contributed by atoms with Crippen molar-refractivity contribution in [1.82, 2.24) is 10.0 Å². The van der Waals surface area contributed by atoms with Crippen LogP contribution in [0.1, 0.15) is 32.1 Å². The lowest BCUT2D eigenvalue weighted by atomic mass is 10.2. The average Bonchev–Trinajstić information content (AvgIpc) is 2.44. The van der Waals surface area contributed by atoms with Crippen LogP contribution in [-0.2, 0) is 10.0 Å². The number of nitrogens with one attached hydrogen (secondary N) is 2. The molecule has 0 spiro atoms. The average molecular weight is 247 g/mol. The first-order valence-electron chi connectivity index (χ1n) is 5.80. The molecular formula is C10H21N3O2S. The summed E-state index contributed by atoms with van der Waals surface area (Å²) >= 11 is 0. The third-order valence-corrected chi connectivity index (χ3v) is 3.15. The van der Waals surface area contributed by atoms with Gasteiger partial charge >= 0.3 is 0 Å². The number of rotatable bonds is 5. The Bertz CT molecular complexity index is 325. The number of nitrogens with zero attached hydrogens (tertiary/aromatic N) is 1. The summed E-state index contributed by atoms with van der Waals surface area (Å²) in [4.78, 5) is 4.44. The molecule has 0 aromatic heterocycles. The third-order valence-electron chi connectivity index (χ3n) is 2.42. The molecule has 0 saturated carbocycles. The van der Waals surface area contributed by atoms with Crippen LogP contribution in [0.4, 0.5) is 0 Å². The molecule has 6 heteroatoms. The zero-order chi connectivity index (χ0) is 11.9. The van der Waals surface area contributed by atoms with Crippen molar-refractivity contribution in [3.05, 3.63) is 0 Å². The first-order chi connectivity index (χ1) is 7.58. The summed E-state index contributed by atoms with van der Waals surface area (Å²) in [5.74, 6) is 1.08. The van der Waals surface area contributed by atoms with E-state index in [1.54, 1.807) is 0 Å². The molecule has 0 aromatic carbocycles. The molecule has 0 radical (unpaired) electrons.